The minimum atomic E-state index is -0.515. The molecular weight excluding hydrogens is 270 g/mol. The Hall–Kier alpha value is -2.69. The second-order valence-electron chi connectivity index (χ2n) is 4.23. The predicted molar refractivity (Wildman–Crippen MR) is 78.9 cm³/mol. The van der Waals surface area contributed by atoms with Gasteiger partial charge in [0.2, 0.25) is 0 Å². The average Bonchev–Trinajstić information content (AvgIpc) is 2.53. The number of para-hydroxylation sites is 1. The van der Waals surface area contributed by atoms with Crippen molar-refractivity contribution < 1.29 is 19.0 Å². The molecule has 0 fully saturated rings. The van der Waals surface area contributed by atoms with E-state index in [2.05, 4.69) is 5.32 Å². The number of carbonyl (C=O) groups is 1. The van der Waals surface area contributed by atoms with Gasteiger partial charge < -0.3 is 19.5 Å². The molecule has 0 aliphatic rings. The molecule has 0 bridgehead atoms. The number of hydrogen-bond acceptors (Lipinski definition) is 4. The molecule has 0 aliphatic carbocycles. The molecule has 1 amide bonds. The van der Waals surface area contributed by atoms with E-state index in [1.165, 1.54) is 0 Å². The highest BCUT2D eigenvalue weighted by atomic mass is 16.6. The van der Waals surface area contributed by atoms with Crippen LogP contribution in [0.4, 0.5) is 4.79 Å². The van der Waals surface area contributed by atoms with Crippen molar-refractivity contribution in [3.63, 3.8) is 0 Å². The molecule has 5 heteroatoms. The van der Waals surface area contributed by atoms with Gasteiger partial charge in [-0.25, -0.2) is 4.79 Å². The fourth-order valence-corrected chi connectivity index (χ4v) is 1.80. The summed E-state index contributed by atoms with van der Waals surface area (Å²) in [4.78, 5) is 11.7. The lowest BCUT2D eigenvalue weighted by Crippen LogP contribution is -2.26. The molecule has 0 atom stereocenters. The highest BCUT2D eigenvalue weighted by Crippen LogP contribution is 2.24. The first kappa shape index (κ1) is 14.7. The van der Waals surface area contributed by atoms with Gasteiger partial charge in [0.15, 0.2) is 0 Å². The Morgan fingerprint density at radius 3 is 2.43 bits per heavy atom. The van der Waals surface area contributed by atoms with Gasteiger partial charge in [0.05, 0.1) is 14.2 Å². The van der Waals surface area contributed by atoms with E-state index in [0.717, 1.165) is 5.56 Å². The van der Waals surface area contributed by atoms with Crippen LogP contribution in [0.25, 0.3) is 0 Å². The van der Waals surface area contributed by atoms with E-state index in [9.17, 15) is 4.79 Å². The van der Waals surface area contributed by atoms with Crippen molar-refractivity contribution >= 4 is 6.09 Å². The fraction of sp³-hybridized carbons (Fsp3) is 0.188. The van der Waals surface area contributed by atoms with Crippen LogP contribution in [0, 0.1) is 0 Å². The smallest absolute Gasteiger partial charge is 0.412 e. The molecule has 5 nitrogen and oxygen atoms in total. The Balaban J connectivity index is 1.95. The lowest BCUT2D eigenvalue weighted by molar-refractivity contribution is 0.200. The van der Waals surface area contributed by atoms with Crippen LogP contribution in [0.5, 0.6) is 17.2 Å². The molecule has 0 aromatic heterocycles. The Labute approximate surface area is 123 Å². The van der Waals surface area contributed by atoms with E-state index >= 15 is 0 Å². The van der Waals surface area contributed by atoms with Crippen LogP contribution in [0.1, 0.15) is 5.56 Å². The third-order valence-corrected chi connectivity index (χ3v) is 2.87. The van der Waals surface area contributed by atoms with Crippen molar-refractivity contribution in [1.82, 2.24) is 5.32 Å². The van der Waals surface area contributed by atoms with Crippen molar-refractivity contribution in [2.75, 3.05) is 14.2 Å². The molecule has 2 aromatic rings. The third kappa shape index (κ3) is 4.14. The summed E-state index contributed by atoms with van der Waals surface area (Å²) in [5.74, 6) is 1.84. The molecule has 0 heterocycles. The standard InChI is InChI=1S/C16H17NO4/c1-19-14-9-8-12(15(10-14)20-2)11-17-16(18)21-13-6-4-3-5-7-13/h3-10H,11H2,1-2H3,(H,17,18). The van der Waals surface area contributed by atoms with Gasteiger partial charge in [-0.15, -0.1) is 0 Å². The number of nitrogens with one attached hydrogen (secondary N) is 1. The maximum atomic E-state index is 11.7. The quantitative estimate of drug-likeness (QED) is 0.918. The van der Waals surface area contributed by atoms with Crippen molar-refractivity contribution in [1.29, 1.82) is 0 Å². The minimum Gasteiger partial charge on any atom is -0.497 e. The topological polar surface area (TPSA) is 56.8 Å². The zero-order chi connectivity index (χ0) is 15.1. The summed E-state index contributed by atoms with van der Waals surface area (Å²) in [5.41, 5.74) is 0.836. The maximum absolute atomic E-state index is 11.7. The van der Waals surface area contributed by atoms with E-state index in [0.29, 0.717) is 23.8 Å². The lowest BCUT2D eigenvalue weighted by Gasteiger charge is -2.11. The molecule has 0 radical (unpaired) electrons. The molecule has 0 spiro atoms. The molecule has 110 valence electrons. The molecule has 0 aliphatic heterocycles. The van der Waals surface area contributed by atoms with Gasteiger partial charge in [0.1, 0.15) is 17.2 Å². The Morgan fingerprint density at radius 1 is 1.00 bits per heavy atom. The summed E-state index contributed by atoms with van der Waals surface area (Å²) in [7, 11) is 3.16. The third-order valence-electron chi connectivity index (χ3n) is 2.87. The average molecular weight is 287 g/mol. The molecule has 0 unspecified atom stereocenters. The highest BCUT2D eigenvalue weighted by Gasteiger charge is 2.08. The van der Waals surface area contributed by atoms with Crippen LogP contribution in [0.3, 0.4) is 0 Å². The van der Waals surface area contributed by atoms with Crippen molar-refractivity contribution in [3.05, 3.63) is 54.1 Å². The number of methoxy groups -OCH3 is 2. The van der Waals surface area contributed by atoms with E-state index < -0.39 is 6.09 Å². The zero-order valence-electron chi connectivity index (χ0n) is 12.0. The lowest BCUT2D eigenvalue weighted by atomic mass is 10.2. The molecule has 1 N–H and O–H groups in total. The van der Waals surface area contributed by atoms with Gasteiger partial charge in [-0.1, -0.05) is 18.2 Å². The van der Waals surface area contributed by atoms with Crippen LogP contribution < -0.4 is 19.5 Å². The Bertz CT molecular complexity index is 598. The summed E-state index contributed by atoms with van der Waals surface area (Å²) in [6.45, 7) is 0.304. The number of rotatable bonds is 5. The maximum Gasteiger partial charge on any atom is 0.412 e. The first-order valence-corrected chi connectivity index (χ1v) is 6.44. The van der Waals surface area contributed by atoms with Crippen LogP contribution >= 0.6 is 0 Å². The van der Waals surface area contributed by atoms with E-state index in [1.54, 1.807) is 44.6 Å². The molecule has 21 heavy (non-hydrogen) atoms. The fourth-order valence-electron chi connectivity index (χ4n) is 1.80. The van der Waals surface area contributed by atoms with Gasteiger partial charge in [0.25, 0.3) is 0 Å². The second-order valence-corrected chi connectivity index (χ2v) is 4.23. The van der Waals surface area contributed by atoms with Gasteiger partial charge in [-0.05, 0) is 24.3 Å². The molecule has 0 saturated heterocycles. The number of benzene rings is 2. The highest BCUT2D eigenvalue weighted by molar-refractivity contribution is 5.70. The zero-order valence-corrected chi connectivity index (χ0v) is 12.0. The van der Waals surface area contributed by atoms with Crippen LogP contribution in [-0.2, 0) is 6.54 Å². The monoisotopic (exact) mass is 287 g/mol. The van der Waals surface area contributed by atoms with E-state index in [4.69, 9.17) is 14.2 Å². The minimum absolute atomic E-state index is 0.304. The van der Waals surface area contributed by atoms with E-state index in [-0.39, 0.29) is 0 Å². The molecule has 2 aromatic carbocycles. The summed E-state index contributed by atoms with van der Waals surface area (Å²) >= 11 is 0. The van der Waals surface area contributed by atoms with Crippen molar-refractivity contribution in [2.24, 2.45) is 0 Å². The summed E-state index contributed by atoms with van der Waals surface area (Å²) < 4.78 is 15.5. The molecule has 2 rings (SSSR count). The summed E-state index contributed by atoms with van der Waals surface area (Å²) in [6.07, 6.45) is -0.515. The van der Waals surface area contributed by atoms with Crippen LogP contribution in [-0.4, -0.2) is 20.3 Å². The summed E-state index contributed by atoms with van der Waals surface area (Å²) in [6, 6.07) is 14.3. The number of hydrogen-bond donors (Lipinski definition) is 1. The van der Waals surface area contributed by atoms with Gasteiger partial charge in [-0.3, -0.25) is 0 Å². The SMILES string of the molecule is COc1ccc(CNC(=O)Oc2ccccc2)c(OC)c1. The largest absolute Gasteiger partial charge is 0.497 e. The predicted octanol–water partition coefficient (Wildman–Crippen LogP) is 2.99. The normalized spacial score (nSPS) is 9.81. The number of carbonyl (C=O) groups excluding carboxylic acids is 1. The Kier molecular flexibility index (Phi) is 5.04. The summed E-state index contributed by atoms with van der Waals surface area (Å²) in [5, 5.41) is 2.68. The first-order valence-electron chi connectivity index (χ1n) is 6.44. The van der Waals surface area contributed by atoms with Gasteiger partial charge in [-0.2, -0.15) is 0 Å². The molecular formula is C16H17NO4. The second kappa shape index (κ2) is 7.19. The molecule has 0 saturated carbocycles. The van der Waals surface area contributed by atoms with Gasteiger partial charge in [0, 0.05) is 18.2 Å². The van der Waals surface area contributed by atoms with Crippen LogP contribution in [0.15, 0.2) is 48.5 Å². The van der Waals surface area contributed by atoms with E-state index in [1.807, 2.05) is 18.2 Å². The number of amides is 1. The Morgan fingerprint density at radius 2 is 1.76 bits per heavy atom. The first-order chi connectivity index (χ1) is 10.2. The van der Waals surface area contributed by atoms with Gasteiger partial charge >= 0.3 is 6.09 Å². The van der Waals surface area contributed by atoms with Crippen molar-refractivity contribution in [2.45, 2.75) is 6.54 Å². The van der Waals surface area contributed by atoms with Crippen molar-refractivity contribution in [3.8, 4) is 17.2 Å². The van der Waals surface area contributed by atoms with Crippen LogP contribution in [0.2, 0.25) is 0 Å². The number of ether oxygens (including phenoxy) is 3.